The molecule has 0 heterocycles. The van der Waals surface area contributed by atoms with Crippen molar-refractivity contribution in [1.29, 1.82) is 0 Å². The molecule has 0 aliphatic rings. The predicted molar refractivity (Wildman–Crippen MR) is 83.1 cm³/mol. The number of nitrogens with one attached hydrogen (secondary N) is 2. The molecule has 2 aromatic rings. The van der Waals surface area contributed by atoms with Gasteiger partial charge >= 0.3 is 0 Å². The summed E-state index contributed by atoms with van der Waals surface area (Å²) in [4.78, 5) is 12.0. The van der Waals surface area contributed by atoms with Gasteiger partial charge in [0.15, 0.2) is 0 Å². The standard InChI is InChI=1S/C14H12BrClN2O/c1-17-11-5-2-9(3-6-11)14(19)18-13-7-4-10(15)8-12(13)16/h2-8,17H,1H3,(H,18,19). The van der Waals surface area contributed by atoms with Crippen molar-refractivity contribution in [1.82, 2.24) is 0 Å². The average Bonchev–Trinajstić information content (AvgIpc) is 2.42. The fourth-order valence-corrected chi connectivity index (χ4v) is 2.29. The molecule has 98 valence electrons. The first-order valence-electron chi connectivity index (χ1n) is 5.64. The largest absolute Gasteiger partial charge is 0.388 e. The molecular weight excluding hydrogens is 328 g/mol. The highest BCUT2D eigenvalue weighted by molar-refractivity contribution is 9.10. The Morgan fingerprint density at radius 3 is 2.42 bits per heavy atom. The quantitative estimate of drug-likeness (QED) is 0.870. The summed E-state index contributed by atoms with van der Waals surface area (Å²) < 4.78 is 0.869. The van der Waals surface area contributed by atoms with Crippen LogP contribution in [-0.4, -0.2) is 13.0 Å². The topological polar surface area (TPSA) is 41.1 Å². The molecule has 2 aromatic carbocycles. The van der Waals surface area contributed by atoms with Crippen LogP contribution in [-0.2, 0) is 0 Å². The van der Waals surface area contributed by atoms with Gasteiger partial charge in [0.2, 0.25) is 0 Å². The van der Waals surface area contributed by atoms with Crippen LogP contribution in [0, 0.1) is 0 Å². The number of amides is 1. The first-order chi connectivity index (χ1) is 9.10. The van der Waals surface area contributed by atoms with E-state index < -0.39 is 0 Å². The molecule has 0 saturated carbocycles. The van der Waals surface area contributed by atoms with Crippen molar-refractivity contribution in [2.45, 2.75) is 0 Å². The van der Waals surface area contributed by atoms with Crippen molar-refractivity contribution in [2.24, 2.45) is 0 Å². The van der Waals surface area contributed by atoms with Gasteiger partial charge < -0.3 is 10.6 Å². The zero-order valence-electron chi connectivity index (χ0n) is 10.2. The van der Waals surface area contributed by atoms with E-state index in [4.69, 9.17) is 11.6 Å². The summed E-state index contributed by atoms with van der Waals surface area (Å²) in [6.45, 7) is 0. The Morgan fingerprint density at radius 1 is 1.16 bits per heavy atom. The van der Waals surface area contributed by atoms with E-state index in [2.05, 4.69) is 26.6 Å². The number of hydrogen-bond donors (Lipinski definition) is 2. The molecule has 0 atom stereocenters. The second-order valence-electron chi connectivity index (χ2n) is 3.91. The van der Waals surface area contributed by atoms with E-state index in [1.165, 1.54) is 0 Å². The first kappa shape index (κ1) is 13.9. The number of carbonyl (C=O) groups excluding carboxylic acids is 1. The van der Waals surface area contributed by atoms with E-state index >= 15 is 0 Å². The van der Waals surface area contributed by atoms with Crippen LogP contribution in [0.25, 0.3) is 0 Å². The highest BCUT2D eigenvalue weighted by atomic mass is 79.9. The van der Waals surface area contributed by atoms with Crippen molar-refractivity contribution in [3.63, 3.8) is 0 Å². The maximum absolute atomic E-state index is 12.0. The number of carbonyl (C=O) groups is 1. The third kappa shape index (κ3) is 3.49. The second kappa shape index (κ2) is 6.08. The maximum atomic E-state index is 12.0. The van der Waals surface area contributed by atoms with Crippen molar-refractivity contribution in [3.05, 3.63) is 57.5 Å². The smallest absolute Gasteiger partial charge is 0.255 e. The molecule has 0 aliphatic heterocycles. The van der Waals surface area contributed by atoms with Gasteiger partial charge in [0, 0.05) is 22.8 Å². The highest BCUT2D eigenvalue weighted by Gasteiger charge is 2.08. The fraction of sp³-hybridized carbons (Fsp3) is 0.0714. The number of halogens is 2. The second-order valence-corrected chi connectivity index (χ2v) is 5.23. The zero-order valence-corrected chi connectivity index (χ0v) is 12.5. The van der Waals surface area contributed by atoms with Crippen LogP contribution in [0.1, 0.15) is 10.4 Å². The summed E-state index contributed by atoms with van der Waals surface area (Å²) in [5.74, 6) is -0.188. The van der Waals surface area contributed by atoms with Gasteiger partial charge in [0.25, 0.3) is 5.91 Å². The Hall–Kier alpha value is -1.52. The summed E-state index contributed by atoms with van der Waals surface area (Å²) in [6.07, 6.45) is 0. The van der Waals surface area contributed by atoms with Crippen LogP contribution in [0.15, 0.2) is 46.9 Å². The average molecular weight is 340 g/mol. The molecule has 19 heavy (non-hydrogen) atoms. The molecule has 0 fully saturated rings. The van der Waals surface area contributed by atoms with Crippen LogP contribution in [0.5, 0.6) is 0 Å². The van der Waals surface area contributed by atoms with E-state index in [-0.39, 0.29) is 5.91 Å². The molecule has 2 rings (SSSR count). The Morgan fingerprint density at radius 2 is 1.84 bits per heavy atom. The van der Waals surface area contributed by atoms with Gasteiger partial charge in [-0.15, -0.1) is 0 Å². The predicted octanol–water partition coefficient (Wildman–Crippen LogP) is 4.40. The third-order valence-electron chi connectivity index (χ3n) is 2.62. The first-order valence-corrected chi connectivity index (χ1v) is 6.81. The molecule has 0 unspecified atom stereocenters. The highest BCUT2D eigenvalue weighted by Crippen LogP contribution is 2.26. The van der Waals surface area contributed by atoms with Gasteiger partial charge in [-0.1, -0.05) is 27.5 Å². The number of benzene rings is 2. The van der Waals surface area contributed by atoms with Gasteiger partial charge in [0.1, 0.15) is 0 Å². The molecule has 3 nitrogen and oxygen atoms in total. The Kier molecular flexibility index (Phi) is 4.45. The lowest BCUT2D eigenvalue weighted by molar-refractivity contribution is 0.102. The Bertz CT molecular complexity index is 599. The Labute approximate surface area is 125 Å². The molecule has 0 aliphatic carbocycles. The van der Waals surface area contributed by atoms with E-state index in [0.29, 0.717) is 16.3 Å². The van der Waals surface area contributed by atoms with Crippen LogP contribution < -0.4 is 10.6 Å². The monoisotopic (exact) mass is 338 g/mol. The van der Waals surface area contributed by atoms with Crippen LogP contribution in [0.2, 0.25) is 5.02 Å². The number of anilines is 2. The lowest BCUT2D eigenvalue weighted by atomic mass is 10.2. The van der Waals surface area contributed by atoms with Crippen molar-refractivity contribution >= 4 is 44.8 Å². The van der Waals surface area contributed by atoms with Crippen molar-refractivity contribution in [3.8, 4) is 0 Å². The molecule has 2 N–H and O–H groups in total. The number of hydrogen-bond acceptors (Lipinski definition) is 2. The molecule has 1 amide bonds. The normalized spacial score (nSPS) is 10.1. The third-order valence-corrected chi connectivity index (χ3v) is 3.42. The molecular formula is C14H12BrClN2O. The van der Waals surface area contributed by atoms with Crippen molar-refractivity contribution in [2.75, 3.05) is 17.7 Å². The van der Waals surface area contributed by atoms with Crippen LogP contribution in [0.4, 0.5) is 11.4 Å². The van der Waals surface area contributed by atoms with E-state index in [1.54, 1.807) is 24.3 Å². The van der Waals surface area contributed by atoms with Crippen LogP contribution >= 0.6 is 27.5 Å². The van der Waals surface area contributed by atoms with Gasteiger partial charge in [-0.3, -0.25) is 4.79 Å². The van der Waals surface area contributed by atoms with Crippen molar-refractivity contribution < 1.29 is 4.79 Å². The molecule has 0 spiro atoms. The SMILES string of the molecule is CNc1ccc(C(=O)Nc2ccc(Br)cc2Cl)cc1. The fourth-order valence-electron chi connectivity index (χ4n) is 1.57. The molecule has 0 saturated heterocycles. The van der Waals surface area contributed by atoms with Crippen LogP contribution in [0.3, 0.4) is 0 Å². The zero-order chi connectivity index (χ0) is 13.8. The van der Waals surface area contributed by atoms with Gasteiger partial charge in [-0.05, 0) is 42.5 Å². The van der Waals surface area contributed by atoms with Gasteiger partial charge in [0.05, 0.1) is 10.7 Å². The molecule has 5 heteroatoms. The summed E-state index contributed by atoms with van der Waals surface area (Å²) in [6, 6.07) is 12.5. The Balaban J connectivity index is 2.15. The summed E-state index contributed by atoms with van der Waals surface area (Å²) in [5.41, 5.74) is 2.13. The number of rotatable bonds is 3. The molecule has 0 aromatic heterocycles. The lowest BCUT2D eigenvalue weighted by Crippen LogP contribution is -2.12. The van der Waals surface area contributed by atoms with E-state index in [9.17, 15) is 4.79 Å². The summed E-state index contributed by atoms with van der Waals surface area (Å²) in [5, 5.41) is 6.27. The minimum Gasteiger partial charge on any atom is -0.388 e. The maximum Gasteiger partial charge on any atom is 0.255 e. The summed E-state index contributed by atoms with van der Waals surface area (Å²) in [7, 11) is 1.83. The molecule has 0 radical (unpaired) electrons. The minimum absolute atomic E-state index is 0.188. The summed E-state index contributed by atoms with van der Waals surface area (Å²) >= 11 is 9.37. The van der Waals surface area contributed by atoms with E-state index in [1.807, 2.05) is 25.2 Å². The lowest BCUT2D eigenvalue weighted by Gasteiger charge is -2.08. The van der Waals surface area contributed by atoms with Gasteiger partial charge in [-0.2, -0.15) is 0 Å². The molecule has 0 bridgehead atoms. The minimum atomic E-state index is -0.188. The van der Waals surface area contributed by atoms with E-state index in [0.717, 1.165) is 10.2 Å². The van der Waals surface area contributed by atoms with Gasteiger partial charge in [-0.25, -0.2) is 0 Å².